The third-order valence-electron chi connectivity index (χ3n) is 4.08. The largest absolute Gasteiger partial charge is 0.492 e. The number of nitrogens with two attached hydrogens (primary N) is 1. The van der Waals surface area contributed by atoms with Gasteiger partial charge in [0.1, 0.15) is 11.4 Å². The van der Waals surface area contributed by atoms with E-state index in [9.17, 15) is 4.79 Å². The summed E-state index contributed by atoms with van der Waals surface area (Å²) < 4.78 is 5.70. The number of hydrogen-bond donors (Lipinski definition) is 1. The van der Waals surface area contributed by atoms with Crippen LogP contribution in [0.4, 0.5) is 11.4 Å². The zero-order chi connectivity index (χ0) is 16.9. The zero-order valence-corrected chi connectivity index (χ0v) is 16.3. The summed E-state index contributed by atoms with van der Waals surface area (Å²) >= 11 is 0. The number of anilines is 2. The summed E-state index contributed by atoms with van der Waals surface area (Å²) in [6, 6.07) is 11.4. The van der Waals surface area contributed by atoms with Gasteiger partial charge in [0.15, 0.2) is 0 Å². The van der Waals surface area contributed by atoms with Crippen LogP contribution in [0.25, 0.3) is 0 Å². The molecule has 142 valence electrons. The average Bonchev–Trinajstić information content (AvgIpc) is 2.63. The molecule has 1 saturated heterocycles. The molecular formula is C18H24Cl2N4O2. The van der Waals surface area contributed by atoms with E-state index in [2.05, 4.69) is 16.0 Å². The van der Waals surface area contributed by atoms with Crippen LogP contribution in [-0.2, 0) is 0 Å². The molecule has 0 bridgehead atoms. The smallest absolute Gasteiger partial charge is 0.272 e. The van der Waals surface area contributed by atoms with E-state index in [0.29, 0.717) is 31.1 Å². The Hall–Kier alpha value is -2.18. The second-order valence-electron chi connectivity index (χ2n) is 5.66. The van der Waals surface area contributed by atoms with Crippen molar-refractivity contribution >= 4 is 42.1 Å². The van der Waals surface area contributed by atoms with Crippen molar-refractivity contribution in [2.75, 3.05) is 43.4 Å². The highest BCUT2D eigenvalue weighted by Crippen LogP contribution is 2.28. The van der Waals surface area contributed by atoms with Crippen molar-refractivity contribution < 1.29 is 9.53 Å². The third-order valence-corrected chi connectivity index (χ3v) is 4.08. The molecule has 1 fully saturated rings. The van der Waals surface area contributed by atoms with Crippen LogP contribution in [0, 0.1) is 0 Å². The van der Waals surface area contributed by atoms with Gasteiger partial charge in [0.2, 0.25) is 0 Å². The molecule has 6 nitrogen and oxygen atoms in total. The minimum Gasteiger partial charge on any atom is -0.492 e. The molecule has 0 spiro atoms. The van der Waals surface area contributed by atoms with Gasteiger partial charge in [-0.2, -0.15) is 0 Å². The van der Waals surface area contributed by atoms with Gasteiger partial charge < -0.3 is 20.3 Å². The van der Waals surface area contributed by atoms with Crippen molar-refractivity contribution in [2.24, 2.45) is 0 Å². The van der Waals surface area contributed by atoms with E-state index in [4.69, 9.17) is 10.5 Å². The van der Waals surface area contributed by atoms with Gasteiger partial charge in [0.05, 0.1) is 24.2 Å². The SMILES string of the molecule is CCOc1ccccc1N1CCN(C(=O)c2ccc(N)cn2)CC1.Cl.Cl. The molecule has 1 aromatic carbocycles. The summed E-state index contributed by atoms with van der Waals surface area (Å²) in [6.45, 7) is 5.47. The van der Waals surface area contributed by atoms with Gasteiger partial charge in [-0.05, 0) is 31.2 Å². The molecule has 0 saturated carbocycles. The highest BCUT2D eigenvalue weighted by molar-refractivity contribution is 5.92. The molecule has 26 heavy (non-hydrogen) atoms. The van der Waals surface area contributed by atoms with Gasteiger partial charge in [-0.3, -0.25) is 4.79 Å². The predicted octanol–water partition coefficient (Wildman–Crippen LogP) is 2.87. The normalized spacial score (nSPS) is 13.4. The van der Waals surface area contributed by atoms with Crippen molar-refractivity contribution in [2.45, 2.75) is 6.92 Å². The predicted molar refractivity (Wildman–Crippen MR) is 109 cm³/mol. The van der Waals surface area contributed by atoms with Crippen molar-refractivity contribution in [3.8, 4) is 5.75 Å². The standard InChI is InChI=1S/C18H22N4O2.2ClH/c1-2-24-17-6-4-3-5-16(17)21-9-11-22(12-10-21)18(23)15-8-7-14(19)13-20-15;;/h3-8,13H,2,9-12,19H2,1H3;2*1H. The number of para-hydroxylation sites is 2. The maximum absolute atomic E-state index is 12.5. The molecule has 2 N–H and O–H groups in total. The summed E-state index contributed by atoms with van der Waals surface area (Å²) in [7, 11) is 0. The van der Waals surface area contributed by atoms with Crippen LogP contribution in [-0.4, -0.2) is 48.6 Å². The van der Waals surface area contributed by atoms with Gasteiger partial charge in [0, 0.05) is 26.2 Å². The minimum absolute atomic E-state index is 0. The number of carbonyl (C=O) groups is 1. The van der Waals surface area contributed by atoms with Crippen LogP contribution in [0.15, 0.2) is 42.6 Å². The number of piperazine rings is 1. The highest BCUT2D eigenvalue weighted by atomic mass is 35.5. The van der Waals surface area contributed by atoms with Crippen LogP contribution in [0.2, 0.25) is 0 Å². The second kappa shape index (κ2) is 10.1. The summed E-state index contributed by atoms with van der Waals surface area (Å²) in [5, 5.41) is 0. The number of aromatic nitrogens is 1. The van der Waals surface area contributed by atoms with E-state index in [1.54, 1.807) is 12.1 Å². The molecule has 2 aromatic rings. The number of ether oxygens (including phenoxy) is 1. The quantitative estimate of drug-likeness (QED) is 0.856. The highest BCUT2D eigenvalue weighted by Gasteiger charge is 2.24. The number of benzene rings is 1. The molecule has 3 rings (SSSR count). The Morgan fingerprint density at radius 3 is 2.42 bits per heavy atom. The van der Waals surface area contributed by atoms with Gasteiger partial charge in [-0.1, -0.05) is 12.1 Å². The number of halogens is 2. The van der Waals surface area contributed by atoms with E-state index in [0.717, 1.165) is 24.5 Å². The van der Waals surface area contributed by atoms with E-state index >= 15 is 0 Å². The van der Waals surface area contributed by atoms with Crippen LogP contribution in [0.1, 0.15) is 17.4 Å². The first-order valence-electron chi connectivity index (χ1n) is 8.16. The summed E-state index contributed by atoms with van der Waals surface area (Å²) in [5.74, 6) is 0.840. The van der Waals surface area contributed by atoms with Gasteiger partial charge in [0.25, 0.3) is 5.91 Å². The molecule has 2 heterocycles. The van der Waals surface area contributed by atoms with Gasteiger partial charge >= 0.3 is 0 Å². The molecule has 1 aliphatic rings. The topological polar surface area (TPSA) is 71.7 Å². The minimum atomic E-state index is -0.0484. The number of hydrogen-bond acceptors (Lipinski definition) is 5. The molecule has 1 aliphatic heterocycles. The lowest BCUT2D eigenvalue weighted by atomic mass is 10.2. The van der Waals surface area contributed by atoms with Crippen molar-refractivity contribution in [3.05, 3.63) is 48.3 Å². The maximum Gasteiger partial charge on any atom is 0.272 e. The summed E-state index contributed by atoms with van der Waals surface area (Å²) in [5.41, 5.74) is 7.70. The van der Waals surface area contributed by atoms with E-state index in [-0.39, 0.29) is 30.7 Å². The lowest BCUT2D eigenvalue weighted by Gasteiger charge is -2.36. The Kier molecular flexibility index (Phi) is 8.48. The number of carbonyl (C=O) groups excluding carboxylic acids is 1. The molecule has 0 aliphatic carbocycles. The number of amides is 1. The summed E-state index contributed by atoms with van der Waals surface area (Å²) in [4.78, 5) is 20.7. The fraction of sp³-hybridized carbons (Fsp3) is 0.333. The van der Waals surface area contributed by atoms with Crippen molar-refractivity contribution in [3.63, 3.8) is 0 Å². The third kappa shape index (κ3) is 4.93. The van der Waals surface area contributed by atoms with Crippen molar-refractivity contribution in [1.29, 1.82) is 0 Å². The van der Waals surface area contributed by atoms with Crippen LogP contribution in [0.5, 0.6) is 5.75 Å². The van der Waals surface area contributed by atoms with Crippen LogP contribution in [0.3, 0.4) is 0 Å². The Labute approximate surface area is 166 Å². The van der Waals surface area contributed by atoms with E-state index in [1.165, 1.54) is 6.20 Å². The molecular weight excluding hydrogens is 375 g/mol. The van der Waals surface area contributed by atoms with Crippen molar-refractivity contribution in [1.82, 2.24) is 9.88 Å². The maximum atomic E-state index is 12.5. The van der Waals surface area contributed by atoms with Gasteiger partial charge in [-0.25, -0.2) is 4.98 Å². The molecule has 1 aromatic heterocycles. The van der Waals surface area contributed by atoms with Gasteiger partial charge in [-0.15, -0.1) is 24.8 Å². The summed E-state index contributed by atoms with van der Waals surface area (Å²) in [6.07, 6.45) is 1.52. The second-order valence-corrected chi connectivity index (χ2v) is 5.66. The fourth-order valence-corrected chi connectivity index (χ4v) is 2.84. The molecule has 0 unspecified atom stereocenters. The number of nitrogens with zero attached hydrogens (tertiary/aromatic N) is 3. The first-order chi connectivity index (χ1) is 11.7. The zero-order valence-electron chi connectivity index (χ0n) is 14.6. The van der Waals surface area contributed by atoms with Crippen LogP contribution >= 0.6 is 24.8 Å². The first-order valence-corrected chi connectivity index (χ1v) is 8.16. The number of pyridine rings is 1. The van der Waals surface area contributed by atoms with E-state index in [1.807, 2.05) is 30.0 Å². The first kappa shape index (κ1) is 21.9. The lowest BCUT2D eigenvalue weighted by Crippen LogP contribution is -2.49. The Morgan fingerprint density at radius 1 is 1.12 bits per heavy atom. The Morgan fingerprint density at radius 2 is 1.81 bits per heavy atom. The number of rotatable bonds is 4. The molecule has 0 radical (unpaired) electrons. The van der Waals surface area contributed by atoms with Crippen LogP contribution < -0.4 is 15.4 Å². The molecule has 8 heteroatoms. The number of nitrogen functional groups attached to an aromatic ring is 1. The Bertz CT molecular complexity index is 705. The fourth-order valence-electron chi connectivity index (χ4n) is 2.84. The van der Waals surface area contributed by atoms with E-state index < -0.39 is 0 Å². The monoisotopic (exact) mass is 398 g/mol. The average molecular weight is 399 g/mol. The lowest BCUT2D eigenvalue weighted by molar-refractivity contribution is 0.0741. The molecule has 1 amide bonds. The Balaban J connectivity index is 0.00000169. The molecule has 0 atom stereocenters.